The Hall–Kier alpha value is -1.82. The Bertz CT molecular complexity index is 828. The first kappa shape index (κ1) is 17.6. The molecule has 1 aromatic carbocycles. The number of alkyl halides is 3. The van der Waals surface area contributed by atoms with Gasteiger partial charge < -0.3 is 4.90 Å². The summed E-state index contributed by atoms with van der Waals surface area (Å²) >= 11 is 1.72. The number of halogens is 3. The Morgan fingerprint density at radius 2 is 2.00 bits per heavy atom. The van der Waals surface area contributed by atoms with Gasteiger partial charge in [-0.05, 0) is 53.8 Å². The molecule has 3 unspecified atom stereocenters. The molecule has 1 fully saturated rings. The highest BCUT2D eigenvalue weighted by Gasteiger charge is 2.50. The van der Waals surface area contributed by atoms with Crippen molar-refractivity contribution >= 4 is 17.2 Å². The van der Waals surface area contributed by atoms with Crippen LogP contribution in [0.15, 0.2) is 35.7 Å². The fourth-order valence-electron chi connectivity index (χ4n) is 4.20. The predicted molar refractivity (Wildman–Crippen MR) is 95.1 cm³/mol. The van der Waals surface area contributed by atoms with E-state index in [-0.39, 0.29) is 29.3 Å². The fourth-order valence-corrected chi connectivity index (χ4v) is 5.13. The van der Waals surface area contributed by atoms with Crippen molar-refractivity contribution in [2.75, 3.05) is 6.54 Å². The summed E-state index contributed by atoms with van der Waals surface area (Å²) in [5.74, 6) is -0.634. The lowest BCUT2D eigenvalue weighted by Gasteiger charge is -2.35. The standard InChI is InChI=1S/C20H20F3NOS/c1-2-17-13-8-10-26-18(13)7-9-24(17)19(25)15-11-14(15)12-5-3-4-6-16(12)20(21,22)23/h3-6,8,10,14-15,17H,2,7,9,11H2,1H3. The van der Waals surface area contributed by atoms with Crippen molar-refractivity contribution in [1.82, 2.24) is 4.90 Å². The Balaban J connectivity index is 1.55. The lowest BCUT2D eigenvalue weighted by Crippen LogP contribution is -2.40. The zero-order valence-electron chi connectivity index (χ0n) is 14.4. The second kappa shape index (κ2) is 6.41. The van der Waals surface area contributed by atoms with Crippen LogP contribution in [0.3, 0.4) is 0 Å². The van der Waals surface area contributed by atoms with Crippen molar-refractivity contribution in [2.24, 2.45) is 5.92 Å². The normalized spacial score (nSPS) is 25.1. The fraction of sp³-hybridized carbons (Fsp3) is 0.450. The Labute approximate surface area is 154 Å². The molecule has 1 aliphatic carbocycles. The van der Waals surface area contributed by atoms with Crippen LogP contribution in [0.1, 0.15) is 53.3 Å². The average molecular weight is 379 g/mol. The lowest BCUT2D eigenvalue weighted by molar-refractivity contribution is -0.139. The van der Waals surface area contributed by atoms with Crippen molar-refractivity contribution in [3.63, 3.8) is 0 Å². The van der Waals surface area contributed by atoms with E-state index in [2.05, 4.69) is 18.4 Å². The molecule has 0 saturated heterocycles. The number of hydrogen-bond acceptors (Lipinski definition) is 2. The smallest absolute Gasteiger partial charge is 0.335 e. The van der Waals surface area contributed by atoms with E-state index in [1.165, 1.54) is 22.6 Å². The van der Waals surface area contributed by atoms with E-state index in [0.717, 1.165) is 18.9 Å². The zero-order chi connectivity index (χ0) is 18.5. The van der Waals surface area contributed by atoms with Crippen molar-refractivity contribution < 1.29 is 18.0 Å². The maximum atomic E-state index is 13.3. The zero-order valence-corrected chi connectivity index (χ0v) is 15.2. The molecule has 1 aliphatic heterocycles. The van der Waals surface area contributed by atoms with Gasteiger partial charge in [0.25, 0.3) is 0 Å². The topological polar surface area (TPSA) is 20.3 Å². The molecule has 2 nitrogen and oxygen atoms in total. The van der Waals surface area contributed by atoms with Gasteiger partial charge in [0.1, 0.15) is 0 Å². The summed E-state index contributed by atoms with van der Waals surface area (Å²) in [7, 11) is 0. The molecule has 0 bridgehead atoms. The van der Waals surface area contributed by atoms with Crippen LogP contribution in [0.5, 0.6) is 0 Å². The van der Waals surface area contributed by atoms with Gasteiger partial charge in [-0.3, -0.25) is 4.79 Å². The molecular formula is C20H20F3NOS. The summed E-state index contributed by atoms with van der Waals surface area (Å²) in [5.41, 5.74) is 0.871. The SMILES string of the molecule is CCC1c2ccsc2CCN1C(=O)C1CC1c1ccccc1C(F)(F)F. The molecule has 0 radical (unpaired) electrons. The maximum Gasteiger partial charge on any atom is 0.416 e. The Morgan fingerprint density at radius 1 is 1.23 bits per heavy atom. The number of carbonyl (C=O) groups is 1. The van der Waals surface area contributed by atoms with Crippen LogP contribution in [0, 0.1) is 5.92 Å². The van der Waals surface area contributed by atoms with Crippen molar-refractivity contribution in [1.29, 1.82) is 0 Å². The Kier molecular flexibility index (Phi) is 4.34. The third-order valence-corrected chi connectivity index (χ3v) is 6.53. The predicted octanol–water partition coefficient (Wildman–Crippen LogP) is 5.41. The van der Waals surface area contributed by atoms with Crippen LogP contribution < -0.4 is 0 Å². The number of rotatable bonds is 3. The molecule has 138 valence electrons. The van der Waals surface area contributed by atoms with Gasteiger partial charge in [0.2, 0.25) is 5.91 Å². The number of carbonyl (C=O) groups excluding carboxylic acids is 1. The van der Waals surface area contributed by atoms with E-state index in [4.69, 9.17) is 0 Å². The number of thiophene rings is 1. The van der Waals surface area contributed by atoms with E-state index >= 15 is 0 Å². The second-order valence-electron chi connectivity index (χ2n) is 7.04. The minimum atomic E-state index is -4.38. The van der Waals surface area contributed by atoms with Gasteiger partial charge in [-0.25, -0.2) is 0 Å². The Morgan fingerprint density at radius 3 is 2.73 bits per heavy atom. The van der Waals surface area contributed by atoms with Crippen LogP contribution in [-0.2, 0) is 17.4 Å². The first-order valence-electron chi connectivity index (χ1n) is 8.94. The van der Waals surface area contributed by atoms with Gasteiger partial charge in [-0.15, -0.1) is 11.3 Å². The van der Waals surface area contributed by atoms with Gasteiger partial charge in [0.15, 0.2) is 0 Å². The number of nitrogens with zero attached hydrogens (tertiary/aromatic N) is 1. The molecule has 2 aliphatic rings. The summed E-state index contributed by atoms with van der Waals surface area (Å²) in [4.78, 5) is 16.3. The molecule has 26 heavy (non-hydrogen) atoms. The van der Waals surface area contributed by atoms with Crippen molar-refractivity contribution in [3.8, 4) is 0 Å². The molecule has 1 aromatic heterocycles. The number of hydrogen-bond donors (Lipinski definition) is 0. The largest absolute Gasteiger partial charge is 0.416 e. The van der Waals surface area contributed by atoms with Gasteiger partial charge in [0.05, 0.1) is 11.6 Å². The van der Waals surface area contributed by atoms with Crippen LogP contribution in [0.4, 0.5) is 13.2 Å². The van der Waals surface area contributed by atoms with E-state index in [0.29, 0.717) is 13.0 Å². The van der Waals surface area contributed by atoms with Gasteiger partial charge in [-0.1, -0.05) is 25.1 Å². The van der Waals surface area contributed by atoms with E-state index in [1.807, 2.05) is 4.90 Å². The first-order valence-corrected chi connectivity index (χ1v) is 9.82. The highest BCUT2D eigenvalue weighted by atomic mass is 32.1. The molecule has 6 heteroatoms. The highest BCUT2D eigenvalue weighted by Crippen LogP contribution is 2.52. The molecule has 0 spiro atoms. The van der Waals surface area contributed by atoms with Crippen LogP contribution >= 0.6 is 11.3 Å². The second-order valence-corrected chi connectivity index (χ2v) is 8.04. The number of fused-ring (bicyclic) bond motifs is 1. The molecule has 1 saturated carbocycles. The van der Waals surface area contributed by atoms with Gasteiger partial charge >= 0.3 is 6.18 Å². The van der Waals surface area contributed by atoms with Crippen molar-refractivity contribution in [3.05, 3.63) is 57.3 Å². The number of benzene rings is 1. The molecular weight excluding hydrogens is 359 g/mol. The molecule has 4 rings (SSSR count). The summed E-state index contributed by atoms with van der Waals surface area (Å²) in [6.45, 7) is 2.72. The van der Waals surface area contributed by atoms with Crippen LogP contribution in [0.2, 0.25) is 0 Å². The average Bonchev–Trinajstić information content (AvgIpc) is 3.28. The summed E-state index contributed by atoms with van der Waals surface area (Å²) in [6, 6.07) is 7.79. The van der Waals surface area contributed by atoms with E-state index in [1.54, 1.807) is 17.4 Å². The van der Waals surface area contributed by atoms with Crippen molar-refractivity contribution in [2.45, 2.75) is 44.3 Å². The molecule has 2 aromatic rings. The highest BCUT2D eigenvalue weighted by molar-refractivity contribution is 7.10. The first-order chi connectivity index (χ1) is 12.4. The minimum Gasteiger partial charge on any atom is -0.335 e. The summed E-state index contributed by atoms with van der Waals surface area (Å²) < 4.78 is 39.8. The maximum absolute atomic E-state index is 13.3. The summed E-state index contributed by atoms with van der Waals surface area (Å²) in [6.07, 6.45) is -2.21. The molecule has 0 N–H and O–H groups in total. The quantitative estimate of drug-likeness (QED) is 0.699. The van der Waals surface area contributed by atoms with Gasteiger partial charge in [-0.2, -0.15) is 13.2 Å². The molecule has 1 amide bonds. The third-order valence-electron chi connectivity index (χ3n) is 5.54. The van der Waals surface area contributed by atoms with Gasteiger partial charge in [0, 0.05) is 17.3 Å². The van der Waals surface area contributed by atoms with Crippen LogP contribution in [0.25, 0.3) is 0 Å². The summed E-state index contributed by atoms with van der Waals surface area (Å²) in [5, 5.41) is 2.06. The molecule has 3 atom stereocenters. The van der Waals surface area contributed by atoms with E-state index < -0.39 is 11.7 Å². The monoisotopic (exact) mass is 379 g/mol. The van der Waals surface area contributed by atoms with E-state index in [9.17, 15) is 18.0 Å². The lowest BCUT2D eigenvalue weighted by atomic mass is 9.96. The molecule has 2 heterocycles. The minimum absolute atomic E-state index is 0.00989. The van der Waals surface area contributed by atoms with Crippen LogP contribution in [-0.4, -0.2) is 17.4 Å². The number of amides is 1. The third kappa shape index (κ3) is 2.94.